The van der Waals surface area contributed by atoms with Gasteiger partial charge in [-0.3, -0.25) is 4.57 Å². The molecule has 0 saturated carbocycles. The van der Waals surface area contributed by atoms with E-state index in [9.17, 15) is 4.39 Å². The van der Waals surface area contributed by atoms with E-state index in [0.717, 1.165) is 11.2 Å². The molecule has 0 fully saturated rings. The van der Waals surface area contributed by atoms with Crippen molar-refractivity contribution in [3.63, 3.8) is 0 Å². The zero-order valence-corrected chi connectivity index (χ0v) is 10.4. The Morgan fingerprint density at radius 1 is 1.00 bits per heavy atom. The van der Waals surface area contributed by atoms with Gasteiger partial charge in [0.05, 0.1) is 5.52 Å². The van der Waals surface area contributed by atoms with Crippen molar-refractivity contribution in [1.82, 2.24) is 9.55 Å². The van der Waals surface area contributed by atoms with Gasteiger partial charge < -0.3 is 0 Å². The van der Waals surface area contributed by atoms with Crippen LogP contribution < -0.4 is 0 Å². The molecule has 0 unspecified atom stereocenters. The molecule has 0 amide bonds. The van der Waals surface area contributed by atoms with Gasteiger partial charge in [-0.1, -0.05) is 24.3 Å². The first-order valence-corrected chi connectivity index (χ1v) is 5.94. The van der Waals surface area contributed by atoms with Gasteiger partial charge in [-0.05, 0) is 40.2 Å². The highest BCUT2D eigenvalue weighted by molar-refractivity contribution is 9.10. The maximum atomic E-state index is 13.6. The molecule has 0 saturated heterocycles. The first-order valence-electron chi connectivity index (χ1n) is 5.15. The van der Waals surface area contributed by atoms with E-state index in [-0.39, 0.29) is 5.82 Å². The van der Waals surface area contributed by atoms with Crippen molar-refractivity contribution in [3.05, 3.63) is 59.1 Å². The molecule has 2 aromatic carbocycles. The number of nitrogens with zero attached hydrogens (tertiary/aromatic N) is 2. The molecule has 0 bridgehead atoms. The molecule has 4 heteroatoms. The maximum Gasteiger partial charge on any atom is 0.182 e. The summed E-state index contributed by atoms with van der Waals surface area (Å²) in [6, 6.07) is 14.7. The zero-order chi connectivity index (χ0) is 11.8. The smallest absolute Gasteiger partial charge is 0.182 e. The Morgan fingerprint density at radius 2 is 1.76 bits per heavy atom. The number of aromatic nitrogens is 2. The summed E-state index contributed by atoms with van der Waals surface area (Å²) in [4.78, 5) is 4.19. The molecule has 3 aromatic rings. The van der Waals surface area contributed by atoms with Crippen molar-refractivity contribution < 1.29 is 4.39 Å². The quantitative estimate of drug-likeness (QED) is 0.664. The molecule has 0 aliphatic rings. The Bertz CT molecular complexity index is 676. The van der Waals surface area contributed by atoms with Crippen molar-refractivity contribution in [1.29, 1.82) is 0 Å². The second-order valence-corrected chi connectivity index (χ2v) is 4.37. The topological polar surface area (TPSA) is 17.8 Å². The van der Waals surface area contributed by atoms with Crippen LogP contribution in [0.5, 0.6) is 0 Å². The number of para-hydroxylation sites is 2. The van der Waals surface area contributed by atoms with E-state index in [4.69, 9.17) is 0 Å². The van der Waals surface area contributed by atoms with E-state index in [0.29, 0.717) is 10.3 Å². The lowest BCUT2D eigenvalue weighted by Gasteiger charge is -2.05. The predicted molar refractivity (Wildman–Crippen MR) is 68.7 cm³/mol. The number of benzene rings is 2. The van der Waals surface area contributed by atoms with Crippen LogP contribution >= 0.6 is 15.9 Å². The predicted octanol–water partition coefficient (Wildman–Crippen LogP) is 3.93. The molecule has 2 nitrogen and oxygen atoms in total. The summed E-state index contributed by atoms with van der Waals surface area (Å²) in [7, 11) is 0. The molecule has 17 heavy (non-hydrogen) atoms. The van der Waals surface area contributed by atoms with Crippen LogP contribution in [0.4, 0.5) is 4.39 Å². The molecule has 84 valence electrons. The van der Waals surface area contributed by atoms with Gasteiger partial charge in [0.1, 0.15) is 5.52 Å². The highest BCUT2D eigenvalue weighted by Crippen LogP contribution is 2.26. The lowest BCUT2D eigenvalue weighted by atomic mass is 10.3. The van der Waals surface area contributed by atoms with E-state index < -0.39 is 0 Å². The maximum absolute atomic E-state index is 13.6. The van der Waals surface area contributed by atoms with Crippen molar-refractivity contribution in [3.8, 4) is 5.69 Å². The van der Waals surface area contributed by atoms with Gasteiger partial charge in [0.25, 0.3) is 0 Å². The Morgan fingerprint density at radius 3 is 2.53 bits per heavy atom. The fraction of sp³-hybridized carbons (Fsp3) is 0. The van der Waals surface area contributed by atoms with Crippen molar-refractivity contribution in [2.24, 2.45) is 0 Å². The summed E-state index contributed by atoms with van der Waals surface area (Å²) in [5.74, 6) is -0.308. The van der Waals surface area contributed by atoms with E-state index in [1.54, 1.807) is 6.07 Å². The number of halogens is 2. The number of rotatable bonds is 1. The summed E-state index contributed by atoms with van der Waals surface area (Å²) in [5, 5.41) is 0. The normalized spacial score (nSPS) is 10.9. The second kappa shape index (κ2) is 3.96. The largest absolute Gasteiger partial charge is 0.287 e. The van der Waals surface area contributed by atoms with Gasteiger partial charge >= 0.3 is 0 Å². The molecule has 0 aliphatic heterocycles. The standard InChI is InChI=1S/C13H8BrFN2/c14-13-16-12-10(15)7-4-8-11(12)17(13)9-5-2-1-3-6-9/h1-8H. The zero-order valence-electron chi connectivity index (χ0n) is 8.77. The summed E-state index contributed by atoms with van der Waals surface area (Å²) in [6.45, 7) is 0. The van der Waals surface area contributed by atoms with Crippen molar-refractivity contribution in [2.75, 3.05) is 0 Å². The lowest BCUT2D eigenvalue weighted by molar-refractivity contribution is 0.637. The molecule has 3 rings (SSSR count). The third-order valence-corrected chi connectivity index (χ3v) is 3.14. The van der Waals surface area contributed by atoms with Crippen LogP contribution in [0.3, 0.4) is 0 Å². The summed E-state index contributed by atoms with van der Waals surface area (Å²) < 4.78 is 16.1. The Labute approximate surface area is 106 Å². The third-order valence-electron chi connectivity index (χ3n) is 2.61. The minimum Gasteiger partial charge on any atom is -0.287 e. The Kier molecular flexibility index (Phi) is 2.44. The molecule has 0 spiro atoms. The first kappa shape index (κ1) is 10.5. The minimum atomic E-state index is -0.308. The molecular formula is C13H8BrFN2. The van der Waals surface area contributed by atoms with E-state index >= 15 is 0 Å². The third kappa shape index (κ3) is 1.65. The van der Waals surface area contributed by atoms with Gasteiger partial charge in [0, 0.05) is 5.69 Å². The molecule has 1 aromatic heterocycles. The fourth-order valence-corrected chi connectivity index (χ4v) is 2.43. The number of hydrogen-bond acceptors (Lipinski definition) is 1. The van der Waals surface area contributed by atoms with Crippen molar-refractivity contribution in [2.45, 2.75) is 0 Å². The summed E-state index contributed by atoms with van der Waals surface area (Å²) in [5.41, 5.74) is 2.08. The fourth-order valence-electron chi connectivity index (χ4n) is 1.86. The van der Waals surface area contributed by atoms with Crippen LogP contribution in [-0.4, -0.2) is 9.55 Å². The molecule has 0 N–H and O–H groups in total. The second-order valence-electron chi connectivity index (χ2n) is 3.66. The highest BCUT2D eigenvalue weighted by Gasteiger charge is 2.12. The van der Waals surface area contributed by atoms with Crippen LogP contribution in [0.2, 0.25) is 0 Å². The number of fused-ring (bicyclic) bond motifs is 1. The van der Waals surface area contributed by atoms with Crippen LogP contribution in [-0.2, 0) is 0 Å². The first-order chi connectivity index (χ1) is 8.27. The molecular weight excluding hydrogens is 283 g/mol. The molecule has 0 atom stereocenters. The van der Waals surface area contributed by atoms with Crippen LogP contribution in [0, 0.1) is 5.82 Å². The van der Waals surface area contributed by atoms with Crippen LogP contribution in [0.1, 0.15) is 0 Å². The van der Waals surface area contributed by atoms with Gasteiger partial charge in [-0.25, -0.2) is 9.37 Å². The molecule has 0 radical (unpaired) electrons. The summed E-state index contributed by atoms with van der Waals surface area (Å²) >= 11 is 3.37. The van der Waals surface area contributed by atoms with E-state index in [2.05, 4.69) is 20.9 Å². The number of hydrogen-bond donors (Lipinski definition) is 0. The lowest BCUT2D eigenvalue weighted by Crippen LogP contribution is -1.93. The van der Waals surface area contributed by atoms with E-state index in [1.165, 1.54) is 6.07 Å². The highest BCUT2D eigenvalue weighted by atomic mass is 79.9. The molecule has 1 heterocycles. The van der Waals surface area contributed by atoms with Crippen molar-refractivity contribution >= 4 is 27.0 Å². The Hall–Kier alpha value is -1.68. The van der Waals surface area contributed by atoms with Crippen LogP contribution in [0.25, 0.3) is 16.7 Å². The average molecular weight is 291 g/mol. The Balaban J connectivity index is 2.37. The van der Waals surface area contributed by atoms with E-state index in [1.807, 2.05) is 41.0 Å². The monoisotopic (exact) mass is 290 g/mol. The SMILES string of the molecule is Fc1cccc2c1nc(Br)n2-c1ccccc1. The van der Waals surface area contributed by atoms with Crippen LogP contribution in [0.15, 0.2) is 53.3 Å². The summed E-state index contributed by atoms with van der Waals surface area (Å²) in [6.07, 6.45) is 0. The minimum absolute atomic E-state index is 0.308. The molecule has 0 aliphatic carbocycles. The van der Waals surface area contributed by atoms with Gasteiger partial charge in [-0.2, -0.15) is 0 Å². The average Bonchev–Trinajstić information content (AvgIpc) is 2.68. The van der Waals surface area contributed by atoms with Gasteiger partial charge in [-0.15, -0.1) is 0 Å². The van der Waals surface area contributed by atoms with Gasteiger partial charge in [0.15, 0.2) is 10.6 Å². The number of imidazole rings is 1. The van der Waals surface area contributed by atoms with Gasteiger partial charge in [0.2, 0.25) is 0 Å².